The molecule has 0 N–H and O–H groups in total. The number of piperazine rings is 1. The first kappa shape index (κ1) is 19.8. The van der Waals surface area contributed by atoms with Crippen molar-refractivity contribution in [2.24, 2.45) is 0 Å². The zero-order valence-corrected chi connectivity index (χ0v) is 17.5. The fourth-order valence-electron chi connectivity index (χ4n) is 3.31. The number of hydrogen-bond donors (Lipinski definition) is 0. The summed E-state index contributed by atoms with van der Waals surface area (Å²) in [5.74, 6) is -0.151. The number of carbonyl (C=O) groups excluding carboxylic acids is 2. The van der Waals surface area contributed by atoms with Crippen LogP contribution in [0, 0.1) is 0 Å². The molecule has 1 aromatic carbocycles. The van der Waals surface area contributed by atoms with Gasteiger partial charge in [-0.2, -0.15) is 9.78 Å². The summed E-state index contributed by atoms with van der Waals surface area (Å²) in [4.78, 5) is 32.4. The van der Waals surface area contributed by atoms with Crippen molar-refractivity contribution in [1.29, 1.82) is 0 Å². The van der Waals surface area contributed by atoms with Gasteiger partial charge in [-0.25, -0.2) is 9.78 Å². The number of amides is 1. The Kier molecular flexibility index (Phi) is 5.75. The maximum Gasteiger partial charge on any atom is 0.344 e. The molecule has 0 saturated carbocycles. The molecule has 2 aromatic heterocycles. The lowest BCUT2D eigenvalue weighted by molar-refractivity contribution is 0.101. The van der Waals surface area contributed by atoms with Gasteiger partial charge in [0, 0.05) is 63.0 Å². The van der Waals surface area contributed by atoms with Gasteiger partial charge in [0.2, 0.25) is 0 Å². The number of carbonyl (C=O) groups is 2. The van der Waals surface area contributed by atoms with Crippen molar-refractivity contribution in [3.05, 3.63) is 58.3 Å². The van der Waals surface area contributed by atoms with Crippen molar-refractivity contribution < 1.29 is 9.59 Å². The summed E-state index contributed by atoms with van der Waals surface area (Å²) >= 11 is 7.91. The molecule has 0 aliphatic carbocycles. The summed E-state index contributed by atoms with van der Waals surface area (Å²) in [5.41, 5.74) is 2.42. The standard InChI is InChI=1S/C20H20ClN5O2S/c1-14(27)18-4-6-26(23-18)20(28)25-9-7-24(8-10-25)13-15-2-3-17(21)16(12-15)19-22-5-11-29-19/h2-6,11-12H,7-10,13H2,1H3. The van der Waals surface area contributed by atoms with Crippen molar-refractivity contribution in [3.63, 3.8) is 0 Å². The highest BCUT2D eigenvalue weighted by Gasteiger charge is 2.23. The van der Waals surface area contributed by atoms with Crippen LogP contribution < -0.4 is 0 Å². The molecular formula is C20H20ClN5O2S. The van der Waals surface area contributed by atoms with Gasteiger partial charge >= 0.3 is 6.03 Å². The molecule has 3 heterocycles. The lowest BCUT2D eigenvalue weighted by Gasteiger charge is -2.34. The van der Waals surface area contributed by atoms with Crippen LogP contribution in [0.3, 0.4) is 0 Å². The van der Waals surface area contributed by atoms with E-state index in [2.05, 4.69) is 21.0 Å². The summed E-state index contributed by atoms with van der Waals surface area (Å²) < 4.78 is 1.24. The SMILES string of the molecule is CC(=O)c1ccn(C(=O)N2CCN(Cc3ccc(Cl)c(-c4nccs4)c3)CC2)n1. The summed E-state index contributed by atoms with van der Waals surface area (Å²) in [7, 11) is 0. The third kappa shape index (κ3) is 4.39. The van der Waals surface area contributed by atoms with Crippen molar-refractivity contribution >= 4 is 34.8 Å². The third-order valence-electron chi connectivity index (χ3n) is 4.89. The summed E-state index contributed by atoms with van der Waals surface area (Å²) in [6.07, 6.45) is 3.32. The van der Waals surface area contributed by atoms with Gasteiger partial charge in [-0.15, -0.1) is 11.3 Å². The summed E-state index contributed by atoms with van der Waals surface area (Å²) in [6, 6.07) is 7.40. The molecular weight excluding hydrogens is 410 g/mol. The van der Waals surface area contributed by atoms with Crippen molar-refractivity contribution in [2.75, 3.05) is 26.2 Å². The third-order valence-corrected chi connectivity index (χ3v) is 6.02. The van der Waals surface area contributed by atoms with E-state index in [1.807, 2.05) is 17.5 Å². The summed E-state index contributed by atoms with van der Waals surface area (Å²) in [5, 5.41) is 7.61. The number of rotatable bonds is 4. The first-order valence-electron chi connectivity index (χ1n) is 9.28. The number of ketones is 1. The zero-order valence-electron chi connectivity index (χ0n) is 15.9. The van der Waals surface area contributed by atoms with Gasteiger partial charge in [-0.3, -0.25) is 9.69 Å². The van der Waals surface area contributed by atoms with E-state index in [9.17, 15) is 9.59 Å². The maximum absolute atomic E-state index is 12.6. The predicted octanol–water partition coefficient (Wildman–Crippen LogP) is 3.65. The van der Waals surface area contributed by atoms with E-state index < -0.39 is 0 Å². The Hall–Kier alpha value is -2.55. The Bertz CT molecular complexity index is 1030. The Balaban J connectivity index is 1.37. The minimum absolute atomic E-state index is 0.151. The molecule has 4 rings (SSSR count). The Morgan fingerprint density at radius 2 is 1.97 bits per heavy atom. The van der Waals surface area contributed by atoms with Gasteiger partial charge in [-0.1, -0.05) is 17.7 Å². The second kappa shape index (κ2) is 8.44. The topological polar surface area (TPSA) is 71.3 Å². The Labute approximate surface area is 177 Å². The molecule has 9 heteroatoms. The average molecular weight is 430 g/mol. The van der Waals surface area contributed by atoms with Crippen LogP contribution in [0.15, 0.2) is 42.0 Å². The van der Waals surface area contributed by atoms with Gasteiger partial charge in [0.15, 0.2) is 5.78 Å². The maximum atomic E-state index is 12.6. The van der Waals surface area contributed by atoms with Gasteiger partial charge < -0.3 is 4.90 Å². The highest BCUT2D eigenvalue weighted by atomic mass is 35.5. The fourth-order valence-corrected chi connectivity index (χ4v) is 4.24. The van der Waals surface area contributed by atoms with E-state index in [4.69, 9.17) is 11.6 Å². The lowest BCUT2D eigenvalue weighted by Crippen LogP contribution is -2.49. The first-order chi connectivity index (χ1) is 14.0. The fraction of sp³-hybridized carbons (Fsp3) is 0.300. The Morgan fingerprint density at radius 1 is 1.17 bits per heavy atom. The van der Waals surface area contributed by atoms with Gasteiger partial charge in [0.05, 0.1) is 5.02 Å². The molecule has 3 aromatic rings. The van der Waals surface area contributed by atoms with Crippen LogP contribution in [0.2, 0.25) is 5.02 Å². The molecule has 1 fully saturated rings. The van der Waals surface area contributed by atoms with Crippen LogP contribution in [-0.2, 0) is 6.54 Å². The average Bonchev–Trinajstić information content (AvgIpc) is 3.42. The van der Waals surface area contributed by atoms with Crippen molar-refractivity contribution in [1.82, 2.24) is 24.6 Å². The molecule has 7 nitrogen and oxygen atoms in total. The molecule has 0 atom stereocenters. The van der Waals surface area contributed by atoms with E-state index >= 15 is 0 Å². The molecule has 1 saturated heterocycles. The van der Waals surface area contributed by atoms with Gasteiger partial charge in [0.25, 0.3) is 0 Å². The van der Waals surface area contributed by atoms with Gasteiger partial charge in [0.1, 0.15) is 10.7 Å². The van der Waals surface area contributed by atoms with E-state index in [1.54, 1.807) is 34.7 Å². The monoisotopic (exact) mass is 429 g/mol. The lowest BCUT2D eigenvalue weighted by atomic mass is 10.1. The van der Waals surface area contributed by atoms with Crippen molar-refractivity contribution in [3.8, 4) is 10.6 Å². The van der Waals surface area contributed by atoms with E-state index in [0.717, 1.165) is 35.8 Å². The van der Waals surface area contributed by atoms with E-state index in [-0.39, 0.29) is 11.8 Å². The first-order valence-corrected chi connectivity index (χ1v) is 10.5. The summed E-state index contributed by atoms with van der Waals surface area (Å²) in [6.45, 7) is 4.98. The quantitative estimate of drug-likeness (QED) is 0.592. The largest absolute Gasteiger partial charge is 0.344 e. The van der Waals surface area contributed by atoms with Crippen molar-refractivity contribution in [2.45, 2.75) is 13.5 Å². The van der Waals surface area contributed by atoms with Crippen LogP contribution >= 0.6 is 22.9 Å². The second-order valence-electron chi connectivity index (χ2n) is 6.90. The smallest absolute Gasteiger partial charge is 0.320 e. The molecule has 0 radical (unpaired) electrons. The molecule has 150 valence electrons. The Morgan fingerprint density at radius 3 is 2.62 bits per heavy atom. The zero-order chi connectivity index (χ0) is 20.4. The molecule has 1 amide bonds. The van der Waals surface area contributed by atoms with Crippen LogP contribution in [-0.4, -0.2) is 62.6 Å². The minimum atomic E-state index is -0.199. The van der Waals surface area contributed by atoms with Crippen LogP contribution in [0.25, 0.3) is 10.6 Å². The minimum Gasteiger partial charge on any atom is -0.320 e. The molecule has 0 unspecified atom stereocenters. The number of Topliss-reactive ketones (excluding diaryl/α,β-unsaturated/α-hetero) is 1. The van der Waals surface area contributed by atoms with Crippen LogP contribution in [0.5, 0.6) is 0 Å². The van der Waals surface area contributed by atoms with E-state index in [1.165, 1.54) is 11.6 Å². The van der Waals surface area contributed by atoms with Gasteiger partial charge in [-0.05, 0) is 23.8 Å². The second-order valence-corrected chi connectivity index (χ2v) is 8.20. The number of halogens is 1. The predicted molar refractivity (Wildman–Crippen MR) is 112 cm³/mol. The molecule has 1 aliphatic heterocycles. The number of hydrogen-bond acceptors (Lipinski definition) is 6. The van der Waals surface area contributed by atoms with Crippen LogP contribution in [0.4, 0.5) is 4.79 Å². The highest BCUT2D eigenvalue weighted by Crippen LogP contribution is 2.30. The number of thiazole rings is 1. The molecule has 1 aliphatic rings. The normalized spacial score (nSPS) is 14.9. The number of nitrogens with zero attached hydrogens (tertiary/aromatic N) is 5. The molecule has 0 bridgehead atoms. The molecule has 29 heavy (non-hydrogen) atoms. The number of benzene rings is 1. The van der Waals surface area contributed by atoms with E-state index in [0.29, 0.717) is 23.8 Å². The highest BCUT2D eigenvalue weighted by molar-refractivity contribution is 7.13. The number of aromatic nitrogens is 3. The van der Waals surface area contributed by atoms with Crippen LogP contribution in [0.1, 0.15) is 23.0 Å². The molecule has 0 spiro atoms.